The fourth-order valence-corrected chi connectivity index (χ4v) is 1.28. The summed E-state index contributed by atoms with van der Waals surface area (Å²) in [4.78, 5) is 0. The van der Waals surface area contributed by atoms with Gasteiger partial charge in [0.05, 0.1) is 0 Å². The number of alkyl halides is 2. The van der Waals surface area contributed by atoms with Crippen molar-refractivity contribution in [3.8, 4) is 0 Å². The Labute approximate surface area is 94.8 Å². The van der Waals surface area contributed by atoms with Gasteiger partial charge in [0.2, 0.25) is 0 Å². The first-order chi connectivity index (χ1) is 7.29. The van der Waals surface area contributed by atoms with E-state index in [9.17, 15) is 8.78 Å². The molecule has 1 aromatic carbocycles. The predicted molar refractivity (Wildman–Crippen MR) is 63.8 cm³/mol. The molecule has 0 amide bonds. The number of hydrogen-bond donors (Lipinski definition) is 2. The number of anilines is 2. The number of benzene rings is 1. The Morgan fingerprint density at radius 2 is 1.94 bits per heavy atom. The van der Waals surface area contributed by atoms with E-state index in [1.807, 2.05) is 20.8 Å². The smallest absolute Gasteiger partial charge is 0.265 e. The van der Waals surface area contributed by atoms with Gasteiger partial charge in [-0.15, -0.1) is 0 Å². The van der Waals surface area contributed by atoms with Crippen LogP contribution in [0.25, 0.3) is 0 Å². The summed E-state index contributed by atoms with van der Waals surface area (Å²) in [6.07, 6.45) is -2.51. The van der Waals surface area contributed by atoms with Gasteiger partial charge in [-0.3, -0.25) is 0 Å². The van der Waals surface area contributed by atoms with Crippen molar-refractivity contribution in [2.75, 3.05) is 17.6 Å². The van der Waals surface area contributed by atoms with Gasteiger partial charge >= 0.3 is 0 Å². The molecule has 3 N–H and O–H groups in total. The topological polar surface area (TPSA) is 38.0 Å². The molecule has 0 saturated carbocycles. The second-order valence-corrected chi connectivity index (χ2v) is 5.06. The Balaban J connectivity index is 2.87. The highest BCUT2D eigenvalue weighted by atomic mass is 19.3. The number of rotatable bonds is 3. The molecule has 0 bridgehead atoms. The lowest BCUT2D eigenvalue weighted by Gasteiger charge is -2.21. The Hall–Kier alpha value is -1.32. The zero-order valence-corrected chi connectivity index (χ0v) is 9.85. The van der Waals surface area contributed by atoms with Crippen molar-refractivity contribution in [1.82, 2.24) is 0 Å². The molecule has 0 heterocycles. The molecule has 1 aromatic rings. The van der Waals surface area contributed by atoms with E-state index in [4.69, 9.17) is 5.73 Å². The van der Waals surface area contributed by atoms with Crippen LogP contribution in [-0.4, -0.2) is 6.54 Å². The van der Waals surface area contributed by atoms with E-state index in [-0.39, 0.29) is 11.0 Å². The van der Waals surface area contributed by atoms with E-state index in [2.05, 4.69) is 5.32 Å². The summed E-state index contributed by atoms with van der Waals surface area (Å²) in [6, 6.07) is 4.54. The van der Waals surface area contributed by atoms with Gasteiger partial charge < -0.3 is 11.1 Å². The molecule has 0 unspecified atom stereocenters. The molecule has 0 fully saturated rings. The minimum absolute atomic E-state index is 0.0377. The highest BCUT2D eigenvalue weighted by Gasteiger charge is 2.15. The summed E-state index contributed by atoms with van der Waals surface area (Å²) in [5.41, 5.74) is 6.31. The number of nitrogens with two attached hydrogens (primary N) is 1. The van der Waals surface area contributed by atoms with Crippen LogP contribution in [0.4, 0.5) is 20.2 Å². The first-order valence-corrected chi connectivity index (χ1v) is 5.21. The van der Waals surface area contributed by atoms with Crippen LogP contribution in [0, 0.1) is 5.41 Å². The third-order valence-electron chi connectivity index (χ3n) is 2.12. The van der Waals surface area contributed by atoms with Crippen molar-refractivity contribution in [2.45, 2.75) is 27.2 Å². The van der Waals surface area contributed by atoms with Crippen LogP contribution in [0.3, 0.4) is 0 Å². The predicted octanol–water partition coefficient (Wildman–Crippen LogP) is 3.66. The molecule has 0 aromatic heterocycles. The average Bonchev–Trinajstić information content (AvgIpc) is 2.14. The molecule has 0 saturated heterocycles. The summed E-state index contributed by atoms with van der Waals surface area (Å²) in [5.74, 6) is 0. The average molecular weight is 228 g/mol. The van der Waals surface area contributed by atoms with Gasteiger partial charge in [-0.25, -0.2) is 8.78 Å². The van der Waals surface area contributed by atoms with Gasteiger partial charge in [-0.05, 0) is 23.6 Å². The Bertz CT molecular complexity index is 357. The molecular formula is C12H18F2N2. The number of halogens is 2. The van der Waals surface area contributed by atoms with Crippen LogP contribution in [-0.2, 0) is 0 Å². The molecule has 0 atom stereocenters. The SMILES string of the molecule is CC(C)(C)CNc1ccc(N)cc1C(F)F. The molecule has 2 nitrogen and oxygen atoms in total. The highest BCUT2D eigenvalue weighted by molar-refractivity contribution is 5.58. The fourth-order valence-electron chi connectivity index (χ4n) is 1.28. The zero-order valence-electron chi connectivity index (χ0n) is 9.85. The summed E-state index contributed by atoms with van der Waals surface area (Å²) in [5, 5.41) is 3.03. The minimum atomic E-state index is -2.51. The quantitative estimate of drug-likeness (QED) is 0.775. The minimum Gasteiger partial charge on any atom is -0.399 e. The number of nitrogen functional groups attached to an aromatic ring is 1. The zero-order chi connectivity index (χ0) is 12.3. The molecule has 0 aliphatic rings. The van der Waals surface area contributed by atoms with Gasteiger partial charge in [-0.2, -0.15) is 0 Å². The van der Waals surface area contributed by atoms with Crippen molar-refractivity contribution in [1.29, 1.82) is 0 Å². The van der Waals surface area contributed by atoms with E-state index in [0.717, 1.165) is 0 Å². The Morgan fingerprint density at radius 1 is 1.31 bits per heavy atom. The Morgan fingerprint density at radius 3 is 2.44 bits per heavy atom. The van der Waals surface area contributed by atoms with Crippen LogP contribution >= 0.6 is 0 Å². The molecule has 0 radical (unpaired) electrons. The number of hydrogen-bond acceptors (Lipinski definition) is 2. The lowest BCUT2D eigenvalue weighted by molar-refractivity contribution is 0.152. The van der Waals surface area contributed by atoms with E-state index in [0.29, 0.717) is 17.9 Å². The van der Waals surface area contributed by atoms with Crippen molar-refractivity contribution in [2.24, 2.45) is 5.41 Å². The maximum atomic E-state index is 12.7. The molecule has 0 spiro atoms. The van der Waals surface area contributed by atoms with Crippen molar-refractivity contribution < 1.29 is 8.78 Å². The fraction of sp³-hybridized carbons (Fsp3) is 0.500. The van der Waals surface area contributed by atoms with E-state index in [1.54, 1.807) is 12.1 Å². The maximum absolute atomic E-state index is 12.7. The van der Waals surface area contributed by atoms with Crippen molar-refractivity contribution >= 4 is 11.4 Å². The van der Waals surface area contributed by atoms with Crippen LogP contribution in [0.1, 0.15) is 32.8 Å². The van der Waals surface area contributed by atoms with E-state index >= 15 is 0 Å². The summed E-state index contributed by atoms with van der Waals surface area (Å²) in [6.45, 7) is 6.76. The van der Waals surface area contributed by atoms with Gasteiger partial charge in [0, 0.05) is 23.5 Å². The van der Waals surface area contributed by atoms with Gasteiger partial charge in [0.15, 0.2) is 0 Å². The van der Waals surface area contributed by atoms with Crippen LogP contribution in [0.15, 0.2) is 18.2 Å². The molecule has 0 aliphatic heterocycles. The van der Waals surface area contributed by atoms with Crippen LogP contribution < -0.4 is 11.1 Å². The molecular weight excluding hydrogens is 210 g/mol. The highest BCUT2D eigenvalue weighted by Crippen LogP contribution is 2.29. The third kappa shape index (κ3) is 3.68. The van der Waals surface area contributed by atoms with Gasteiger partial charge in [-0.1, -0.05) is 20.8 Å². The second-order valence-electron chi connectivity index (χ2n) is 5.06. The lowest BCUT2D eigenvalue weighted by atomic mass is 9.96. The van der Waals surface area contributed by atoms with Crippen LogP contribution in [0.5, 0.6) is 0 Å². The summed E-state index contributed by atoms with van der Waals surface area (Å²) >= 11 is 0. The largest absolute Gasteiger partial charge is 0.399 e. The van der Waals surface area contributed by atoms with Gasteiger partial charge in [0.25, 0.3) is 6.43 Å². The first kappa shape index (κ1) is 12.7. The van der Waals surface area contributed by atoms with Crippen LogP contribution in [0.2, 0.25) is 0 Å². The molecule has 16 heavy (non-hydrogen) atoms. The molecule has 4 heteroatoms. The summed E-state index contributed by atoms with van der Waals surface area (Å²) < 4.78 is 25.5. The van der Waals surface area contributed by atoms with E-state index < -0.39 is 6.43 Å². The monoisotopic (exact) mass is 228 g/mol. The second kappa shape index (κ2) is 4.68. The third-order valence-corrected chi connectivity index (χ3v) is 2.12. The van der Waals surface area contributed by atoms with E-state index in [1.165, 1.54) is 6.07 Å². The Kier molecular flexibility index (Phi) is 3.73. The summed E-state index contributed by atoms with van der Waals surface area (Å²) in [7, 11) is 0. The van der Waals surface area contributed by atoms with Crippen molar-refractivity contribution in [3.05, 3.63) is 23.8 Å². The molecule has 90 valence electrons. The number of nitrogens with one attached hydrogen (secondary N) is 1. The first-order valence-electron chi connectivity index (χ1n) is 5.21. The van der Waals surface area contributed by atoms with Crippen molar-refractivity contribution in [3.63, 3.8) is 0 Å². The molecule has 0 aliphatic carbocycles. The standard InChI is InChI=1S/C12H18F2N2/c1-12(2,3)7-16-10-5-4-8(15)6-9(10)11(13)14/h4-6,11,16H,7,15H2,1-3H3. The normalized spacial score (nSPS) is 11.9. The lowest BCUT2D eigenvalue weighted by Crippen LogP contribution is -2.19. The van der Waals surface area contributed by atoms with Gasteiger partial charge in [0.1, 0.15) is 0 Å². The molecule has 1 rings (SSSR count). The maximum Gasteiger partial charge on any atom is 0.265 e.